The zero-order valence-corrected chi connectivity index (χ0v) is 33.8. The number of hydrogen-bond acceptors (Lipinski definition) is 0. The van der Waals surface area contributed by atoms with Gasteiger partial charge in [-0.25, -0.2) is 0 Å². The number of fused-ring (bicyclic) bond motifs is 3. The summed E-state index contributed by atoms with van der Waals surface area (Å²) in [7, 11) is 0. The summed E-state index contributed by atoms with van der Waals surface area (Å²) in [6.45, 7) is 23.9. The Morgan fingerprint density at radius 1 is 0.638 bits per heavy atom. The molecule has 0 aromatic heterocycles. The van der Waals surface area contributed by atoms with E-state index in [1.807, 2.05) is 0 Å². The molecule has 4 aromatic rings. The Hall–Kier alpha value is -2.31. The topological polar surface area (TPSA) is 0 Å². The van der Waals surface area contributed by atoms with E-state index < -0.39 is 21.3 Å². The molecule has 3 heteroatoms. The van der Waals surface area contributed by atoms with Crippen molar-refractivity contribution in [2.24, 2.45) is 11.3 Å². The Bertz CT molecular complexity index is 1810. The maximum atomic E-state index is 2.65. The molecule has 0 radical (unpaired) electrons. The van der Waals surface area contributed by atoms with Crippen molar-refractivity contribution in [2.45, 2.75) is 86.5 Å². The third kappa shape index (κ3) is 7.34. The quantitative estimate of drug-likeness (QED) is 0.247. The van der Waals surface area contributed by atoms with E-state index in [1.165, 1.54) is 39.0 Å². The zero-order valence-electron chi connectivity index (χ0n) is 29.9. The molecule has 0 bridgehead atoms. The second-order valence-corrected chi connectivity index (χ2v) is 22.0. The third-order valence-electron chi connectivity index (χ3n) is 9.76. The van der Waals surface area contributed by atoms with E-state index in [0.29, 0.717) is 5.92 Å². The van der Waals surface area contributed by atoms with E-state index in [4.69, 9.17) is 0 Å². The van der Waals surface area contributed by atoms with E-state index in [0.717, 1.165) is 6.42 Å². The van der Waals surface area contributed by atoms with Gasteiger partial charge < -0.3 is 24.8 Å². The van der Waals surface area contributed by atoms with Gasteiger partial charge >= 0.3 is 282 Å². The fourth-order valence-electron chi connectivity index (χ4n) is 7.21. The van der Waals surface area contributed by atoms with Crippen LogP contribution >= 0.6 is 0 Å². The summed E-state index contributed by atoms with van der Waals surface area (Å²) in [5.74, 6) is 0.427. The molecule has 0 fully saturated rings. The van der Waals surface area contributed by atoms with Crippen LogP contribution in [0.2, 0.25) is 0 Å². The molecular formula is C44H50Cl2Zr. The van der Waals surface area contributed by atoms with Crippen molar-refractivity contribution >= 4 is 6.48 Å². The van der Waals surface area contributed by atoms with Crippen molar-refractivity contribution in [3.05, 3.63) is 145 Å². The number of rotatable bonds is 4. The molecule has 1 unspecified atom stereocenters. The molecule has 0 heterocycles. The molecule has 6 rings (SSSR count). The Morgan fingerprint density at radius 3 is 1.68 bits per heavy atom. The van der Waals surface area contributed by atoms with Crippen LogP contribution in [-0.4, -0.2) is 3.21 Å². The van der Waals surface area contributed by atoms with E-state index >= 15 is 0 Å². The molecule has 0 saturated carbocycles. The predicted molar refractivity (Wildman–Crippen MR) is 193 cm³/mol. The first kappa shape index (κ1) is 37.5. The van der Waals surface area contributed by atoms with Crippen LogP contribution in [0.25, 0.3) is 11.1 Å². The molecule has 244 valence electrons. The molecule has 2 aliphatic carbocycles. The first-order valence-electron chi connectivity index (χ1n) is 16.7. The fourth-order valence-corrected chi connectivity index (χ4v) is 16.6. The standard InChI is InChI=1S/C21H25.C13H10.C10H15.2ClH.Zr/c1-20(2,3)16-7-9-18-14(12-16)11-15-13-17(21(4,5)6)8-10-19(15)18;1-3-7-12(8-4-1)11-13-9-5-2-6-10-13;1-8-5-6-9(7-8)10(2,3)4;;;/h7-10,12H,11H2,1-6H3;1-10H;6-8H,1-4H3;2*1H;/q;;;;;+2/p-2. The number of benzene rings is 4. The number of halogens is 2. The summed E-state index contributed by atoms with van der Waals surface area (Å²) in [4.78, 5) is 0. The van der Waals surface area contributed by atoms with Crippen molar-refractivity contribution < 1.29 is 46.1 Å². The Labute approximate surface area is 304 Å². The van der Waals surface area contributed by atoms with Gasteiger partial charge in [-0.1, -0.05) is 0 Å². The minimum Gasteiger partial charge on any atom is -1.00 e. The van der Waals surface area contributed by atoms with Gasteiger partial charge in [0.05, 0.1) is 0 Å². The average Bonchev–Trinajstić information content (AvgIpc) is 3.55. The van der Waals surface area contributed by atoms with Crippen LogP contribution in [0, 0.1) is 11.3 Å². The summed E-state index contributed by atoms with van der Waals surface area (Å²) in [5, 5.41) is 0. The third-order valence-corrected chi connectivity index (χ3v) is 17.9. The van der Waals surface area contributed by atoms with Crippen molar-refractivity contribution in [3.63, 3.8) is 0 Å². The molecule has 1 atom stereocenters. The van der Waals surface area contributed by atoms with Crippen molar-refractivity contribution in [1.29, 1.82) is 0 Å². The normalized spacial score (nSPS) is 15.3. The van der Waals surface area contributed by atoms with Crippen molar-refractivity contribution in [2.75, 3.05) is 0 Å². The molecule has 4 aromatic carbocycles. The minimum atomic E-state index is -2.90. The molecule has 47 heavy (non-hydrogen) atoms. The van der Waals surface area contributed by atoms with E-state index in [1.54, 1.807) is 20.9 Å². The van der Waals surface area contributed by atoms with Crippen molar-refractivity contribution in [3.8, 4) is 11.1 Å². The smallest absolute Gasteiger partial charge is 1.00 e. The van der Waals surface area contributed by atoms with Crippen LogP contribution in [0.15, 0.2) is 112 Å². The van der Waals surface area contributed by atoms with Gasteiger partial charge in [0.15, 0.2) is 0 Å². The first-order valence-corrected chi connectivity index (χ1v) is 20.4. The summed E-state index contributed by atoms with van der Waals surface area (Å²) in [6, 6.07) is 35.0. The SMILES string of the molecule is CC1C=C(C(C)(C)C)C=[C]1[Zr+2](=[C](c1ccccc1)c1ccccc1)[c]1c(C(C)(C)C)ccc2c1Cc1cc(C(C)(C)C)ccc1-2.[Cl-].[Cl-]. The second-order valence-electron chi connectivity index (χ2n) is 16.3. The number of hydrogen-bond donors (Lipinski definition) is 0. The van der Waals surface area contributed by atoms with Gasteiger partial charge in [0.2, 0.25) is 0 Å². The molecule has 0 nitrogen and oxygen atoms in total. The number of allylic oxidation sites excluding steroid dienone is 4. The monoisotopic (exact) mass is 738 g/mol. The van der Waals surface area contributed by atoms with Crippen LogP contribution in [0.4, 0.5) is 0 Å². The van der Waals surface area contributed by atoms with E-state index in [2.05, 4.69) is 172 Å². The molecule has 0 amide bonds. The van der Waals surface area contributed by atoms with Crippen LogP contribution in [0.1, 0.15) is 103 Å². The minimum absolute atomic E-state index is 0. The molecular weight excluding hydrogens is 691 g/mol. The molecule has 0 spiro atoms. The van der Waals surface area contributed by atoms with Crippen molar-refractivity contribution in [1.82, 2.24) is 0 Å². The molecule has 0 aliphatic heterocycles. The van der Waals surface area contributed by atoms with Gasteiger partial charge in [0.25, 0.3) is 0 Å². The van der Waals surface area contributed by atoms with Crippen LogP contribution < -0.4 is 28.1 Å². The zero-order chi connectivity index (χ0) is 32.3. The van der Waals surface area contributed by atoms with Crippen LogP contribution in [0.3, 0.4) is 0 Å². The summed E-state index contributed by atoms with van der Waals surface area (Å²) in [6.07, 6.45) is 6.25. The first-order chi connectivity index (χ1) is 21.1. The molecule has 0 saturated heterocycles. The molecule has 2 aliphatic rings. The average molecular weight is 741 g/mol. The van der Waals surface area contributed by atoms with Gasteiger partial charge in [0, 0.05) is 0 Å². The molecule has 0 N–H and O–H groups in total. The fraction of sp³-hybridized carbons (Fsp3) is 0.341. The van der Waals surface area contributed by atoms with Gasteiger partial charge in [-0.3, -0.25) is 0 Å². The summed E-state index contributed by atoms with van der Waals surface area (Å²) in [5.41, 5.74) is 13.5. The van der Waals surface area contributed by atoms with Crippen LogP contribution in [-0.2, 0) is 38.5 Å². The second kappa shape index (κ2) is 13.9. The Morgan fingerprint density at radius 2 is 1.19 bits per heavy atom. The van der Waals surface area contributed by atoms with Gasteiger partial charge in [-0.05, 0) is 0 Å². The Kier molecular flexibility index (Phi) is 11.1. The maximum absolute atomic E-state index is 2.90. The predicted octanol–water partition coefficient (Wildman–Crippen LogP) is 4.88. The van der Waals surface area contributed by atoms with Gasteiger partial charge in [-0.2, -0.15) is 0 Å². The maximum Gasteiger partial charge on any atom is -1.00 e. The van der Waals surface area contributed by atoms with E-state index in [-0.39, 0.29) is 41.1 Å². The largest absolute Gasteiger partial charge is 1.00 e. The Balaban J connectivity index is 0.00000250. The summed E-state index contributed by atoms with van der Waals surface area (Å²) < 4.78 is 5.01. The van der Waals surface area contributed by atoms with Crippen LogP contribution in [0.5, 0.6) is 0 Å². The summed E-state index contributed by atoms with van der Waals surface area (Å²) >= 11 is -2.90. The van der Waals surface area contributed by atoms with Gasteiger partial charge in [-0.15, -0.1) is 0 Å². The van der Waals surface area contributed by atoms with E-state index in [9.17, 15) is 0 Å². The van der Waals surface area contributed by atoms with Gasteiger partial charge in [0.1, 0.15) is 0 Å².